The van der Waals surface area contributed by atoms with Crippen molar-refractivity contribution >= 4 is 54.6 Å². The van der Waals surface area contributed by atoms with Crippen molar-refractivity contribution in [3.05, 3.63) is 47.0 Å². The molecular weight excluding hydrogens is 485 g/mol. The number of hydrogen-bond donors (Lipinski definition) is 0. The summed E-state index contributed by atoms with van der Waals surface area (Å²) in [7, 11) is -2.01. The van der Waals surface area contributed by atoms with E-state index in [1.165, 1.54) is 19.3 Å². The van der Waals surface area contributed by atoms with Gasteiger partial charge in [0.2, 0.25) is 0 Å². The Balaban J connectivity index is 1.20. The molecule has 2 atom stereocenters. The average molecular weight is 515 g/mol. The maximum absolute atomic E-state index is 12.9. The van der Waals surface area contributed by atoms with Crippen LogP contribution in [0.4, 0.5) is 0 Å². The topological polar surface area (TPSA) is 76.1 Å². The molecule has 2 fully saturated rings. The van der Waals surface area contributed by atoms with Gasteiger partial charge < -0.3 is 4.90 Å². The van der Waals surface area contributed by atoms with E-state index in [4.69, 9.17) is 4.98 Å². The van der Waals surface area contributed by atoms with Gasteiger partial charge in [-0.1, -0.05) is 0 Å². The third kappa shape index (κ3) is 5.47. The minimum Gasteiger partial charge on any atom is -0.337 e. The fraction of sp³-hybridized carbons (Fsp3) is 0.480. The summed E-state index contributed by atoms with van der Waals surface area (Å²) in [4.78, 5) is 29.8. The first-order valence-corrected chi connectivity index (χ1v) is 15.9. The van der Waals surface area contributed by atoms with E-state index in [-0.39, 0.29) is 5.91 Å². The quantitative estimate of drug-likeness (QED) is 0.363. The summed E-state index contributed by atoms with van der Waals surface area (Å²) in [5.74, 6) is 7.01. The predicted molar refractivity (Wildman–Crippen MR) is 143 cm³/mol. The lowest BCUT2D eigenvalue weighted by Gasteiger charge is -2.28. The normalized spacial score (nSPS) is 22.3. The summed E-state index contributed by atoms with van der Waals surface area (Å²) in [6.45, 7) is 1.03. The van der Waals surface area contributed by atoms with Crippen molar-refractivity contribution < 1.29 is 9.00 Å². The zero-order valence-corrected chi connectivity index (χ0v) is 21.9. The van der Waals surface area contributed by atoms with Crippen LogP contribution in [0, 0.1) is 11.8 Å². The van der Waals surface area contributed by atoms with E-state index in [0.29, 0.717) is 42.0 Å². The lowest BCUT2D eigenvalue weighted by molar-refractivity contribution is 0.0771. The van der Waals surface area contributed by atoms with Crippen LogP contribution in [-0.2, 0) is 22.4 Å². The number of rotatable bonds is 6. The standard InChI is InChI=1S/C25H30N4O2S3/c1-32-20-15-26-23(27-16-20)12-17-3-4-18(11-17)13-24-28-21-6-5-19(14-22(21)33-24)25(30)29-7-9-34(2,31)10-8-29/h5-6,14-18H,2-4,7-13H2,1H3/t17-,18-/m0/s1. The molecule has 0 radical (unpaired) electrons. The van der Waals surface area contributed by atoms with Gasteiger partial charge >= 0.3 is 0 Å². The highest BCUT2D eigenvalue weighted by molar-refractivity contribution is 8.00. The van der Waals surface area contributed by atoms with Gasteiger partial charge in [-0.3, -0.25) is 9.00 Å². The number of hydrogen-bond acceptors (Lipinski definition) is 7. The molecule has 3 aromatic rings. The van der Waals surface area contributed by atoms with Gasteiger partial charge in [-0.05, 0) is 70.9 Å². The molecule has 1 amide bonds. The van der Waals surface area contributed by atoms with Crippen LogP contribution in [0.1, 0.15) is 40.5 Å². The highest BCUT2D eigenvalue weighted by Gasteiger charge is 2.27. The first-order chi connectivity index (χ1) is 16.4. The van der Waals surface area contributed by atoms with Crippen molar-refractivity contribution in [3.8, 4) is 0 Å². The number of carbonyl (C=O) groups excluding carboxylic acids is 1. The Labute approximate surface area is 209 Å². The molecule has 0 N–H and O–H groups in total. The summed E-state index contributed by atoms with van der Waals surface area (Å²) < 4.78 is 13.2. The summed E-state index contributed by atoms with van der Waals surface area (Å²) in [6.07, 6.45) is 11.5. The number of thioether (sulfide) groups is 1. The molecule has 1 aliphatic heterocycles. The van der Waals surface area contributed by atoms with E-state index in [0.717, 1.165) is 38.8 Å². The minimum absolute atomic E-state index is 0.0122. The number of thiazole rings is 1. The monoisotopic (exact) mass is 514 g/mol. The van der Waals surface area contributed by atoms with Gasteiger partial charge in [0.25, 0.3) is 5.91 Å². The molecule has 1 saturated heterocycles. The number of nitrogens with zero attached hydrogens (tertiary/aromatic N) is 4. The molecule has 180 valence electrons. The Bertz CT molecular complexity index is 1270. The maximum atomic E-state index is 12.9. The third-order valence-electron chi connectivity index (χ3n) is 6.94. The first kappa shape index (κ1) is 23.8. The number of benzene rings is 1. The highest BCUT2D eigenvalue weighted by atomic mass is 32.2. The fourth-order valence-corrected chi connectivity index (χ4v) is 7.70. The summed E-state index contributed by atoms with van der Waals surface area (Å²) in [5, 5.41) is 1.15. The Kier molecular flexibility index (Phi) is 6.95. The van der Waals surface area contributed by atoms with Crippen LogP contribution >= 0.6 is 23.1 Å². The van der Waals surface area contributed by atoms with Crippen molar-refractivity contribution in [1.29, 1.82) is 0 Å². The van der Waals surface area contributed by atoms with Crippen LogP contribution in [0.15, 0.2) is 35.5 Å². The molecule has 0 unspecified atom stereocenters. The van der Waals surface area contributed by atoms with Crippen molar-refractivity contribution in [3.63, 3.8) is 0 Å². The lowest BCUT2D eigenvalue weighted by Crippen LogP contribution is -2.43. The van der Waals surface area contributed by atoms with E-state index in [2.05, 4.69) is 15.8 Å². The molecule has 6 nitrogen and oxygen atoms in total. The summed E-state index contributed by atoms with van der Waals surface area (Å²) in [5.41, 5.74) is 1.65. The molecule has 5 rings (SSSR count). The van der Waals surface area contributed by atoms with Crippen LogP contribution in [0.25, 0.3) is 10.2 Å². The van der Waals surface area contributed by atoms with Crippen LogP contribution in [-0.4, -0.2) is 66.7 Å². The number of amides is 1. The van der Waals surface area contributed by atoms with E-state index < -0.39 is 9.52 Å². The van der Waals surface area contributed by atoms with Crippen LogP contribution < -0.4 is 0 Å². The Morgan fingerprint density at radius 3 is 2.59 bits per heavy atom. The smallest absolute Gasteiger partial charge is 0.253 e. The fourth-order valence-electron chi connectivity index (χ4n) is 4.95. The molecule has 1 aromatic carbocycles. The SMILES string of the molecule is C=S1(=O)CCN(C(=O)c2ccc3nc(C[C@H]4CC[C@H](Cc5ncc(SC)cn5)C4)sc3c2)CC1. The van der Waals surface area contributed by atoms with E-state index in [1.54, 1.807) is 28.0 Å². The summed E-state index contributed by atoms with van der Waals surface area (Å²) in [6, 6.07) is 5.81. The van der Waals surface area contributed by atoms with Gasteiger partial charge in [0, 0.05) is 60.3 Å². The van der Waals surface area contributed by atoms with Crippen LogP contribution in [0.2, 0.25) is 0 Å². The maximum Gasteiger partial charge on any atom is 0.253 e. The van der Waals surface area contributed by atoms with Crippen LogP contribution in [0.5, 0.6) is 0 Å². The van der Waals surface area contributed by atoms with Crippen molar-refractivity contribution in [1.82, 2.24) is 19.9 Å². The third-order valence-corrected chi connectivity index (χ3v) is 10.5. The second-order valence-electron chi connectivity index (χ2n) is 9.45. The van der Waals surface area contributed by atoms with Gasteiger partial charge in [0.15, 0.2) is 0 Å². The van der Waals surface area contributed by atoms with Crippen LogP contribution in [0.3, 0.4) is 0 Å². The zero-order chi connectivity index (χ0) is 23.7. The van der Waals surface area contributed by atoms with Gasteiger partial charge in [-0.15, -0.1) is 23.1 Å². The van der Waals surface area contributed by atoms with Gasteiger partial charge in [0.05, 0.1) is 15.2 Å². The Morgan fingerprint density at radius 1 is 1.18 bits per heavy atom. The molecule has 0 bridgehead atoms. The molecule has 3 heterocycles. The molecule has 2 aromatic heterocycles. The molecule has 1 saturated carbocycles. The van der Waals surface area contributed by atoms with Crippen molar-refractivity contribution in [2.24, 2.45) is 11.8 Å². The highest BCUT2D eigenvalue weighted by Crippen LogP contribution is 2.36. The number of carbonyl (C=O) groups is 1. The lowest BCUT2D eigenvalue weighted by atomic mass is 9.99. The average Bonchev–Trinajstić information content (AvgIpc) is 3.44. The van der Waals surface area contributed by atoms with Crippen molar-refractivity contribution in [2.45, 2.75) is 37.0 Å². The molecule has 1 aliphatic carbocycles. The molecule has 2 aliphatic rings. The van der Waals surface area contributed by atoms with Crippen molar-refractivity contribution in [2.75, 3.05) is 30.9 Å². The zero-order valence-electron chi connectivity index (χ0n) is 19.4. The second-order valence-corrected chi connectivity index (χ2v) is 14.2. The number of fused-ring (bicyclic) bond motifs is 1. The second kappa shape index (κ2) is 9.95. The van der Waals surface area contributed by atoms with E-state index in [1.807, 2.05) is 36.8 Å². The number of aromatic nitrogens is 3. The minimum atomic E-state index is -2.01. The van der Waals surface area contributed by atoms with Gasteiger partial charge in [-0.25, -0.2) is 15.0 Å². The van der Waals surface area contributed by atoms with Gasteiger partial charge in [0.1, 0.15) is 5.82 Å². The predicted octanol–water partition coefficient (Wildman–Crippen LogP) is 4.18. The molecule has 34 heavy (non-hydrogen) atoms. The molecular formula is C25H30N4O2S3. The largest absolute Gasteiger partial charge is 0.337 e. The Hall–Kier alpha value is -1.97. The summed E-state index contributed by atoms with van der Waals surface area (Å²) >= 11 is 3.37. The van der Waals surface area contributed by atoms with E-state index >= 15 is 0 Å². The molecule has 0 spiro atoms. The first-order valence-electron chi connectivity index (χ1n) is 11.7. The Morgan fingerprint density at radius 2 is 1.88 bits per heavy atom. The van der Waals surface area contributed by atoms with E-state index in [9.17, 15) is 9.00 Å². The molecule has 9 heteroatoms. The van der Waals surface area contributed by atoms with Gasteiger partial charge in [-0.2, -0.15) is 0 Å².